The number of rotatable bonds is 3. The van der Waals surface area contributed by atoms with Crippen LogP contribution in [0, 0.1) is 13.8 Å². The predicted molar refractivity (Wildman–Crippen MR) is 72.3 cm³/mol. The summed E-state index contributed by atoms with van der Waals surface area (Å²) in [7, 11) is 1.63. The van der Waals surface area contributed by atoms with Crippen molar-refractivity contribution in [1.82, 2.24) is 4.98 Å². The van der Waals surface area contributed by atoms with Gasteiger partial charge in [0.2, 0.25) is 0 Å². The highest BCUT2D eigenvalue weighted by Gasteiger charge is 2.07. The second-order valence-electron chi connectivity index (χ2n) is 3.75. The summed E-state index contributed by atoms with van der Waals surface area (Å²) in [5.41, 5.74) is 8.33. The maximum absolute atomic E-state index is 5.76. The van der Waals surface area contributed by atoms with E-state index in [1.165, 1.54) is 4.88 Å². The van der Waals surface area contributed by atoms with Gasteiger partial charge in [0.05, 0.1) is 18.5 Å². The summed E-state index contributed by atoms with van der Waals surface area (Å²) in [6.07, 6.45) is 0. The van der Waals surface area contributed by atoms with Crippen LogP contribution < -0.4 is 15.8 Å². The minimum atomic E-state index is 0.693. The van der Waals surface area contributed by atoms with E-state index >= 15 is 0 Å². The SMILES string of the molecule is COc1ccc(N)cc1Nc1nc(C)c(C)s1. The lowest BCUT2D eigenvalue weighted by molar-refractivity contribution is 0.417. The lowest BCUT2D eigenvalue weighted by atomic mass is 10.2. The zero-order chi connectivity index (χ0) is 12.4. The second-order valence-corrected chi connectivity index (χ2v) is 4.95. The Kier molecular flexibility index (Phi) is 3.19. The zero-order valence-electron chi connectivity index (χ0n) is 10.1. The molecule has 4 nitrogen and oxygen atoms in total. The molecule has 0 unspecified atom stereocenters. The highest BCUT2D eigenvalue weighted by atomic mass is 32.1. The van der Waals surface area contributed by atoms with Gasteiger partial charge in [0.15, 0.2) is 5.13 Å². The smallest absolute Gasteiger partial charge is 0.187 e. The van der Waals surface area contributed by atoms with Gasteiger partial charge in [-0.1, -0.05) is 0 Å². The molecule has 0 aliphatic heterocycles. The van der Waals surface area contributed by atoms with E-state index in [0.29, 0.717) is 5.69 Å². The Morgan fingerprint density at radius 3 is 2.71 bits per heavy atom. The third kappa shape index (κ3) is 2.50. The standard InChI is InChI=1S/C12H15N3OS/c1-7-8(2)17-12(14-7)15-10-6-9(13)4-5-11(10)16-3/h4-6H,13H2,1-3H3,(H,14,15). The van der Waals surface area contributed by atoms with Gasteiger partial charge >= 0.3 is 0 Å². The van der Waals surface area contributed by atoms with Crippen LogP contribution in [0.5, 0.6) is 5.75 Å². The molecule has 0 saturated carbocycles. The topological polar surface area (TPSA) is 60.2 Å². The first-order chi connectivity index (χ1) is 8.10. The first-order valence-electron chi connectivity index (χ1n) is 5.24. The molecule has 2 aromatic rings. The number of anilines is 3. The van der Waals surface area contributed by atoms with Crippen LogP contribution in [0.15, 0.2) is 18.2 Å². The molecule has 0 saturated heterocycles. The fourth-order valence-electron chi connectivity index (χ4n) is 1.46. The van der Waals surface area contributed by atoms with Crippen LogP contribution in [0.2, 0.25) is 0 Å². The van der Waals surface area contributed by atoms with E-state index in [1.54, 1.807) is 18.4 Å². The van der Waals surface area contributed by atoms with Crippen molar-refractivity contribution in [2.45, 2.75) is 13.8 Å². The van der Waals surface area contributed by atoms with Gasteiger partial charge in [-0.05, 0) is 32.0 Å². The van der Waals surface area contributed by atoms with E-state index in [1.807, 2.05) is 25.1 Å². The van der Waals surface area contributed by atoms with E-state index in [4.69, 9.17) is 10.5 Å². The van der Waals surface area contributed by atoms with Crippen molar-refractivity contribution >= 4 is 27.8 Å². The van der Waals surface area contributed by atoms with Crippen molar-refractivity contribution < 1.29 is 4.74 Å². The number of nitrogens with zero attached hydrogens (tertiary/aromatic N) is 1. The molecule has 1 heterocycles. The lowest BCUT2D eigenvalue weighted by Crippen LogP contribution is -1.96. The molecule has 0 spiro atoms. The Hall–Kier alpha value is -1.75. The second kappa shape index (κ2) is 4.63. The number of benzene rings is 1. The number of thiazole rings is 1. The number of methoxy groups -OCH3 is 1. The number of hydrogen-bond acceptors (Lipinski definition) is 5. The molecule has 0 radical (unpaired) electrons. The molecule has 2 rings (SSSR count). The molecule has 5 heteroatoms. The van der Waals surface area contributed by atoms with Crippen LogP contribution in [-0.2, 0) is 0 Å². The van der Waals surface area contributed by atoms with Gasteiger partial charge in [-0.2, -0.15) is 0 Å². The van der Waals surface area contributed by atoms with Gasteiger partial charge in [-0.3, -0.25) is 0 Å². The number of aromatic nitrogens is 1. The molecule has 0 aliphatic rings. The number of nitrogens with two attached hydrogens (primary N) is 1. The molecular formula is C12H15N3OS. The summed E-state index contributed by atoms with van der Waals surface area (Å²) in [5, 5.41) is 4.08. The van der Waals surface area contributed by atoms with Crippen molar-refractivity contribution in [3.63, 3.8) is 0 Å². The molecule has 1 aromatic carbocycles. The summed E-state index contributed by atoms with van der Waals surface area (Å²) in [5.74, 6) is 0.754. The molecule has 0 fully saturated rings. The number of nitrogens with one attached hydrogen (secondary N) is 1. The summed E-state index contributed by atoms with van der Waals surface area (Å²) < 4.78 is 5.27. The zero-order valence-corrected chi connectivity index (χ0v) is 10.9. The van der Waals surface area contributed by atoms with E-state index in [2.05, 4.69) is 17.2 Å². The Bertz CT molecular complexity index is 517. The average Bonchev–Trinajstić information content (AvgIpc) is 2.58. The Morgan fingerprint density at radius 2 is 2.12 bits per heavy atom. The predicted octanol–water partition coefficient (Wildman–Crippen LogP) is 3.09. The van der Waals surface area contributed by atoms with Crippen LogP contribution in [0.3, 0.4) is 0 Å². The van der Waals surface area contributed by atoms with Gasteiger partial charge in [-0.25, -0.2) is 4.98 Å². The molecule has 90 valence electrons. The van der Waals surface area contributed by atoms with Gasteiger partial charge < -0.3 is 15.8 Å². The van der Waals surface area contributed by atoms with Crippen LogP contribution in [0.25, 0.3) is 0 Å². The highest BCUT2D eigenvalue weighted by Crippen LogP contribution is 2.31. The van der Waals surface area contributed by atoms with Gasteiger partial charge in [0, 0.05) is 10.6 Å². The number of nitrogen functional groups attached to an aromatic ring is 1. The third-order valence-electron chi connectivity index (χ3n) is 2.49. The summed E-state index contributed by atoms with van der Waals surface area (Å²) in [6.45, 7) is 4.04. The van der Waals surface area contributed by atoms with Gasteiger partial charge in [0.1, 0.15) is 5.75 Å². The van der Waals surface area contributed by atoms with Crippen molar-refractivity contribution in [2.24, 2.45) is 0 Å². The minimum absolute atomic E-state index is 0.693. The lowest BCUT2D eigenvalue weighted by Gasteiger charge is -2.09. The molecule has 0 bridgehead atoms. The number of hydrogen-bond donors (Lipinski definition) is 2. The molecule has 0 amide bonds. The van der Waals surface area contributed by atoms with Crippen LogP contribution >= 0.6 is 11.3 Å². The van der Waals surface area contributed by atoms with Crippen LogP contribution in [-0.4, -0.2) is 12.1 Å². The van der Waals surface area contributed by atoms with Crippen LogP contribution in [0.4, 0.5) is 16.5 Å². The summed E-state index contributed by atoms with van der Waals surface area (Å²) >= 11 is 1.62. The molecule has 1 aromatic heterocycles. The largest absolute Gasteiger partial charge is 0.495 e. The average molecular weight is 249 g/mol. The molecule has 0 aliphatic carbocycles. The normalized spacial score (nSPS) is 10.3. The van der Waals surface area contributed by atoms with Crippen molar-refractivity contribution in [1.29, 1.82) is 0 Å². The molecule has 0 atom stereocenters. The summed E-state index contributed by atoms with van der Waals surface area (Å²) in [4.78, 5) is 5.63. The summed E-state index contributed by atoms with van der Waals surface area (Å²) in [6, 6.07) is 5.48. The first kappa shape index (κ1) is 11.7. The van der Waals surface area contributed by atoms with Crippen molar-refractivity contribution in [3.8, 4) is 5.75 Å². The number of aryl methyl sites for hydroxylation is 2. The fraction of sp³-hybridized carbons (Fsp3) is 0.250. The van der Waals surface area contributed by atoms with E-state index in [-0.39, 0.29) is 0 Å². The Balaban J connectivity index is 2.31. The monoisotopic (exact) mass is 249 g/mol. The Labute approximate surface area is 104 Å². The quantitative estimate of drug-likeness (QED) is 0.821. The Morgan fingerprint density at radius 1 is 1.35 bits per heavy atom. The minimum Gasteiger partial charge on any atom is -0.495 e. The van der Waals surface area contributed by atoms with E-state index in [0.717, 1.165) is 22.3 Å². The molecule has 17 heavy (non-hydrogen) atoms. The third-order valence-corrected chi connectivity index (χ3v) is 3.48. The van der Waals surface area contributed by atoms with Crippen LogP contribution in [0.1, 0.15) is 10.6 Å². The number of ether oxygens (including phenoxy) is 1. The highest BCUT2D eigenvalue weighted by molar-refractivity contribution is 7.15. The first-order valence-corrected chi connectivity index (χ1v) is 6.06. The van der Waals surface area contributed by atoms with Gasteiger partial charge in [-0.15, -0.1) is 11.3 Å². The van der Waals surface area contributed by atoms with E-state index < -0.39 is 0 Å². The molecular weight excluding hydrogens is 234 g/mol. The molecule has 3 N–H and O–H groups in total. The van der Waals surface area contributed by atoms with Gasteiger partial charge in [0.25, 0.3) is 0 Å². The van der Waals surface area contributed by atoms with E-state index in [9.17, 15) is 0 Å². The fourth-order valence-corrected chi connectivity index (χ4v) is 2.29. The maximum Gasteiger partial charge on any atom is 0.187 e. The van der Waals surface area contributed by atoms with Crippen molar-refractivity contribution in [2.75, 3.05) is 18.2 Å². The maximum atomic E-state index is 5.76. The van der Waals surface area contributed by atoms with Crippen molar-refractivity contribution in [3.05, 3.63) is 28.8 Å².